The van der Waals surface area contributed by atoms with Crippen LogP contribution in [0.2, 0.25) is 0 Å². The van der Waals surface area contributed by atoms with Gasteiger partial charge in [-0.25, -0.2) is 8.78 Å². The van der Waals surface area contributed by atoms with Crippen molar-refractivity contribution in [2.75, 3.05) is 19.6 Å². The molecule has 1 fully saturated rings. The van der Waals surface area contributed by atoms with Crippen molar-refractivity contribution >= 4 is 34.2 Å². The summed E-state index contributed by atoms with van der Waals surface area (Å²) in [7, 11) is 0. The highest BCUT2D eigenvalue weighted by molar-refractivity contribution is 9.10. The number of rotatable bonds is 1. The molecular formula is C12H14BrClF2N2O. The first-order valence-corrected chi connectivity index (χ1v) is 6.46. The molecule has 0 bridgehead atoms. The summed E-state index contributed by atoms with van der Waals surface area (Å²) in [5.41, 5.74) is -0.218. The molecule has 1 aliphatic rings. The molecule has 1 amide bonds. The Morgan fingerprint density at radius 3 is 2.74 bits per heavy atom. The van der Waals surface area contributed by atoms with E-state index >= 15 is 0 Å². The zero-order valence-corrected chi connectivity index (χ0v) is 12.7. The van der Waals surface area contributed by atoms with Crippen molar-refractivity contribution in [3.05, 3.63) is 33.8 Å². The number of carbonyl (C=O) groups excluding carboxylic acids is 1. The summed E-state index contributed by atoms with van der Waals surface area (Å²) in [5.74, 6) is -1.81. The number of amides is 1. The molecular weight excluding hydrogens is 341 g/mol. The summed E-state index contributed by atoms with van der Waals surface area (Å²) in [5, 5.41) is 3.14. The van der Waals surface area contributed by atoms with Crippen LogP contribution in [-0.4, -0.2) is 36.5 Å². The fourth-order valence-electron chi connectivity index (χ4n) is 1.98. The molecule has 1 atom stereocenters. The van der Waals surface area contributed by atoms with Crippen LogP contribution in [0.4, 0.5) is 8.78 Å². The van der Waals surface area contributed by atoms with Gasteiger partial charge in [0.25, 0.3) is 5.91 Å². The number of halogens is 4. The maximum atomic E-state index is 13.7. The third kappa shape index (κ3) is 3.43. The van der Waals surface area contributed by atoms with E-state index in [1.807, 2.05) is 6.92 Å². The standard InChI is InChI=1S/C12H13BrF2N2O.ClH/c1-7-6-16-2-3-17(7)12(18)8-4-11(15)9(13)5-10(8)14;/h4-5,7,16H,2-3,6H2,1H3;1H/t7-;/m1./s1. The molecule has 19 heavy (non-hydrogen) atoms. The number of nitrogens with zero attached hydrogens (tertiary/aromatic N) is 1. The van der Waals surface area contributed by atoms with Gasteiger partial charge in [-0.2, -0.15) is 0 Å². The van der Waals surface area contributed by atoms with E-state index in [9.17, 15) is 13.6 Å². The molecule has 3 nitrogen and oxygen atoms in total. The molecule has 0 aromatic heterocycles. The second kappa shape index (κ2) is 6.63. The Balaban J connectivity index is 0.00000180. The van der Waals surface area contributed by atoms with Gasteiger partial charge in [0.15, 0.2) is 0 Å². The normalized spacial score (nSPS) is 18.9. The van der Waals surface area contributed by atoms with E-state index in [0.29, 0.717) is 19.6 Å². The van der Waals surface area contributed by atoms with Crippen LogP contribution in [0.25, 0.3) is 0 Å². The lowest BCUT2D eigenvalue weighted by Crippen LogP contribution is -2.52. The summed E-state index contributed by atoms with van der Waals surface area (Å²) in [6.45, 7) is 3.69. The van der Waals surface area contributed by atoms with Gasteiger partial charge < -0.3 is 10.2 Å². The Kier molecular flexibility index (Phi) is 5.70. The Hall–Kier alpha value is -0.720. The lowest BCUT2D eigenvalue weighted by Gasteiger charge is -2.34. The number of hydrogen-bond donors (Lipinski definition) is 1. The maximum absolute atomic E-state index is 13.7. The molecule has 1 saturated heterocycles. The van der Waals surface area contributed by atoms with Crippen molar-refractivity contribution in [1.29, 1.82) is 0 Å². The number of nitrogens with one attached hydrogen (secondary N) is 1. The van der Waals surface area contributed by atoms with E-state index in [1.54, 1.807) is 4.90 Å². The van der Waals surface area contributed by atoms with E-state index in [-0.39, 0.29) is 28.5 Å². The summed E-state index contributed by atoms with van der Waals surface area (Å²) in [4.78, 5) is 13.7. The fourth-order valence-corrected chi connectivity index (χ4v) is 2.30. The van der Waals surface area contributed by atoms with E-state index < -0.39 is 17.5 Å². The highest BCUT2D eigenvalue weighted by Gasteiger charge is 2.26. The molecule has 0 radical (unpaired) electrons. The highest BCUT2D eigenvalue weighted by Crippen LogP contribution is 2.21. The summed E-state index contributed by atoms with van der Waals surface area (Å²) < 4.78 is 27.1. The second-order valence-corrected chi connectivity index (χ2v) is 5.15. The van der Waals surface area contributed by atoms with E-state index in [0.717, 1.165) is 12.1 Å². The van der Waals surface area contributed by atoms with Gasteiger partial charge in [0.2, 0.25) is 0 Å². The molecule has 2 rings (SSSR count). The second-order valence-electron chi connectivity index (χ2n) is 4.30. The van der Waals surface area contributed by atoms with E-state index in [2.05, 4.69) is 21.2 Å². The van der Waals surface area contributed by atoms with Crippen LogP contribution in [0.1, 0.15) is 17.3 Å². The third-order valence-corrected chi connectivity index (χ3v) is 3.61. The van der Waals surface area contributed by atoms with Gasteiger partial charge in [0, 0.05) is 25.7 Å². The Labute approximate surface area is 124 Å². The first kappa shape index (κ1) is 16.3. The minimum Gasteiger partial charge on any atom is -0.333 e. The molecule has 0 saturated carbocycles. The van der Waals surface area contributed by atoms with Crippen LogP contribution in [0.5, 0.6) is 0 Å². The van der Waals surface area contributed by atoms with Crippen molar-refractivity contribution in [3.8, 4) is 0 Å². The van der Waals surface area contributed by atoms with Crippen molar-refractivity contribution in [3.63, 3.8) is 0 Å². The molecule has 1 aromatic rings. The van der Waals surface area contributed by atoms with Crippen LogP contribution in [0.3, 0.4) is 0 Å². The van der Waals surface area contributed by atoms with Gasteiger partial charge in [0.05, 0.1) is 10.0 Å². The number of piperazine rings is 1. The van der Waals surface area contributed by atoms with Gasteiger partial charge in [-0.1, -0.05) is 0 Å². The zero-order valence-electron chi connectivity index (χ0n) is 10.3. The molecule has 1 N–H and O–H groups in total. The molecule has 1 aliphatic heterocycles. The van der Waals surface area contributed by atoms with Gasteiger partial charge >= 0.3 is 0 Å². The van der Waals surface area contributed by atoms with E-state index in [1.165, 1.54) is 0 Å². The molecule has 0 unspecified atom stereocenters. The summed E-state index contributed by atoms with van der Waals surface area (Å²) in [6.07, 6.45) is 0. The molecule has 106 valence electrons. The third-order valence-electron chi connectivity index (χ3n) is 3.00. The Morgan fingerprint density at radius 1 is 1.42 bits per heavy atom. The minimum atomic E-state index is -0.709. The molecule has 1 aromatic carbocycles. The molecule has 0 spiro atoms. The average Bonchev–Trinajstić information content (AvgIpc) is 2.33. The van der Waals surface area contributed by atoms with Crippen LogP contribution >= 0.6 is 28.3 Å². The maximum Gasteiger partial charge on any atom is 0.257 e. The predicted octanol–water partition coefficient (Wildman–Crippen LogP) is 2.58. The highest BCUT2D eigenvalue weighted by atomic mass is 79.9. The molecule has 0 aliphatic carbocycles. The van der Waals surface area contributed by atoms with Crippen LogP contribution in [0, 0.1) is 11.6 Å². The fraction of sp³-hybridized carbons (Fsp3) is 0.417. The van der Waals surface area contributed by atoms with Crippen molar-refractivity contribution in [2.45, 2.75) is 13.0 Å². The van der Waals surface area contributed by atoms with Crippen molar-refractivity contribution in [2.24, 2.45) is 0 Å². The topological polar surface area (TPSA) is 32.3 Å². The van der Waals surface area contributed by atoms with Crippen molar-refractivity contribution < 1.29 is 13.6 Å². The summed E-state index contributed by atoms with van der Waals surface area (Å²) >= 11 is 2.89. The van der Waals surface area contributed by atoms with Gasteiger partial charge in [0.1, 0.15) is 11.6 Å². The minimum absolute atomic E-state index is 0. The monoisotopic (exact) mass is 354 g/mol. The van der Waals surface area contributed by atoms with Crippen LogP contribution in [-0.2, 0) is 0 Å². The Bertz CT molecular complexity index is 487. The molecule has 1 heterocycles. The number of benzene rings is 1. The van der Waals surface area contributed by atoms with Gasteiger partial charge in [-0.15, -0.1) is 12.4 Å². The lowest BCUT2D eigenvalue weighted by atomic mass is 10.1. The number of carbonyl (C=O) groups is 1. The number of hydrogen-bond acceptors (Lipinski definition) is 2. The largest absolute Gasteiger partial charge is 0.333 e. The zero-order chi connectivity index (χ0) is 13.3. The van der Waals surface area contributed by atoms with E-state index in [4.69, 9.17) is 0 Å². The van der Waals surface area contributed by atoms with Gasteiger partial charge in [-0.05, 0) is 35.0 Å². The Morgan fingerprint density at radius 2 is 2.11 bits per heavy atom. The predicted molar refractivity (Wildman–Crippen MR) is 74.7 cm³/mol. The quantitative estimate of drug-likeness (QED) is 0.785. The van der Waals surface area contributed by atoms with Crippen LogP contribution < -0.4 is 5.32 Å². The van der Waals surface area contributed by atoms with Crippen molar-refractivity contribution in [1.82, 2.24) is 10.2 Å². The summed E-state index contributed by atoms with van der Waals surface area (Å²) in [6, 6.07) is 1.89. The SMILES string of the molecule is C[C@@H]1CNCCN1C(=O)c1cc(F)c(Br)cc1F.Cl. The first-order chi connectivity index (χ1) is 8.50. The van der Waals surface area contributed by atoms with Gasteiger partial charge in [-0.3, -0.25) is 4.79 Å². The average molecular weight is 356 g/mol. The lowest BCUT2D eigenvalue weighted by molar-refractivity contribution is 0.0650. The molecule has 7 heteroatoms. The first-order valence-electron chi connectivity index (χ1n) is 5.67. The smallest absolute Gasteiger partial charge is 0.257 e. The van der Waals surface area contributed by atoms with Crippen LogP contribution in [0.15, 0.2) is 16.6 Å².